The molecule has 3 nitrogen and oxygen atoms in total. The number of hydrogen-bond donors (Lipinski definition) is 1. The highest BCUT2D eigenvalue weighted by molar-refractivity contribution is 9.10. The smallest absolute Gasteiger partial charge is 0.315 e. The van der Waals surface area contributed by atoms with Crippen molar-refractivity contribution in [2.45, 2.75) is 26.2 Å². The Morgan fingerprint density at radius 3 is 2.67 bits per heavy atom. The van der Waals surface area contributed by atoms with E-state index in [2.05, 4.69) is 20.9 Å². The van der Waals surface area contributed by atoms with Crippen LogP contribution >= 0.6 is 38.6 Å². The molecule has 0 saturated heterocycles. The highest BCUT2D eigenvalue weighted by Crippen LogP contribution is 2.37. The van der Waals surface area contributed by atoms with E-state index in [0.29, 0.717) is 5.69 Å². The number of carboxylic acid groups (broad SMARTS) is 1. The van der Waals surface area contributed by atoms with E-state index >= 15 is 0 Å². The van der Waals surface area contributed by atoms with Crippen molar-refractivity contribution in [3.63, 3.8) is 0 Å². The number of aryl methyl sites for hydroxylation is 1. The molecule has 6 heteroatoms. The first-order valence-electron chi connectivity index (χ1n) is 5.28. The minimum absolute atomic E-state index is 0.608. The predicted octanol–water partition coefficient (Wildman–Crippen LogP) is 4.30. The van der Waals surface area contributed by atoms with Crippen LogP contribution in [0.25, 0.3) is 9.88 Å². The molecular weight excluding hydrogens is 334 g/mol. The number of halogens is 1. The number of thiazole rings is 1. The lowest BCUT2D eigenvalue weighted by atomic mass is 9.90. The van der Waals surface area contributed by atoms with E-state index in [9.17, 15) is 9.90 Å². The Balaban J connectivity index is 2.39. The summed E-state index contributed by atoms with van der Waals surface area (Å²) < 4.78 is 1.07. The molecule has 0 saturated carbocycles. The molecule has 2 rings (SSSR count). The third kappa shape index (κ3) is 2.37. The fourth-order valence-electron chi connectivity index (χ4n) is 1.35. The van der Waals surface area contributed by atoms with Crippen LogP contribution in [0.15, 0.2) is 15.9 Å². The second-order valence-corrected chi connectivity index (χ2v) is 7.45. The van der Waals surface area contributed by atoms with Crippen LogP contribution in [0.2, 0.25) is 0 Å². The fourth-order valence-corrected chi connectivity index (χ4v) is 3.93. The number of hydrogen-bond acceptors (Lipinski definition) is 4. The first kappa shape index (κ1) is 13.7. The van der Waals surface area contributed by atoms with Crippen LogP contribution in [0.4, 0.5) is 0 Å². The summed E-state index contributed by atoms with van der Waals surface area (Å²) in [5.41, 5.74) is -0.338. The number of aliphatic carboxylic acids is 1. The zero-order chi connectivity index (χ0) is 13.5. The molecule has 2 aromatic heterocycles. The van der Waals surface area contributed by atoms with Crippen LogP contribution in [0, 0.1) is 6.92 Å². The molecule has 96 valence electrons. The molecule has 0 spiro atoms. The normalized spacial score (nSPS) is 11.8. The summed E-state index contributed by atoms with van der Waals surface area (Å²) in [6.07, 6.45) is 0. The molecule has 0 fully saturated rings. The van der Waals surface area contributed by atoms with Gasteiger partial charge >= 0.3 is 5.97 Å². The Kier molecular flexibility index (Phi) is 3.62. The van der Waals surface area contributed by atoms with Gasteiger partial charge in [-0.15, -0.1) is 22.7 Å². The Labute approximate surface area is 122 Å². The highest BCUT2D eigenvalue weighted by atomic mass is 79.9. The van der Waals surface area contributed by atoms with Gasteiger partial charge in [-0.25, -0.2) is 4.98 Å². The van der Waals surface area contributed by atoms with Crippen molar-refractivity contribution >= 4 is 44.6 Å². The topological polar surface area (TPSA) is 50.2 Å². The molecule has 0 aromatic carbocycles. The van der Waals surface area contributed by atoms with Crippen molar-refractivity contribution in [2.75, 3.05) is 0 Å². The molecule has 0 atom stereocenters. The van der Waals surface area contributed by atoms with Gasteiger partial charge in [0.05, 0.1) is 10.6 Å². The van der Waals surface area contributed by atoms with E-state index in [1.807, 2.05) is 18.4 Å². The Bertz CT molecular complexity index is 581. The number of carboxylic acids is 1. The van der Waals surface area contributed by atoms with Crippen LogP contribution in [-0.2, 0) is 10.2 Å². The number of aromatic nitrogens is 1. The zero-order valence-corrected chi connectivity index (χ0v) is 13.4. The van der Waals surface area contributed by atoms with Gasteiger partial charge in [0.2, 0.25) is 0 Å². The quantitative estimate of drug-likeness (QED) is 0.901. The van der Waals surface area contributed by atoms with Crippen molar-refractivity contribution < 1.29 is 9.90 Å². The third-order valence-corrected chi connectivity index (χ3v) is 5.90. The number of rotatable bonds is 3. The molecule has 2 aromatic rings. The minimum Gasteiger partial charge on any atom is -0.481 e. The molecule has 0 aliphatic rings. The van der Waals surface area contributed by atoms with E-state index in [-0.39, 0.29) is 0 Å². The van der Waals surface area contributed by atoms with Crippen molar-refractivity contribution in [3.05, 3.63) is 26.5 Å². The van der Waals surface area contributed by atoms with E-state index < -0.39 is 11.4 Å². The SMILES string of the molecule is Cc1sc(-c2nc(C(C)(C)C(=O)O)cs2)cc1Br. The maximum atomic E-state index is 11.2. The molecule has 0 aliphatic heterocycles. The van der Waals surface area contributed by atoms with Gasteiger partial charge < -0.3 is 5.11 Å². The summed E-state index contributed by atoms with van der Waals surface area (Å²) in [5.74, 6) is -0.858. The molecular formula is C12H12BrNO2S2. The van der Waals surface area contributed by atoms with Gasteiger partial charge in [-0.2, -0.15) is 0 Å². The Morgan fingerprint density at radius 1 is 1.50 bits per heavy atom. The Hall–Kier alpha value is -0.720. The highest BCUT2D eigenvalue weighted by Gasteiger charge is 2.32. The van der Waals surface area contributed by atoms with Gasteiger partial charge in [0, 0.05) is 14.7 Å². The first-order valence-corrected chi connectivity index (χ1v) is 7.77. The Morgan fingerprint density at radius 2 is 2.17 bits per heavy atom. The number of nitrogens with zero attached hydrogens (tertiary/aromatic N) is 1. The van der Waals surface area contributed by atoms with Crippen molar-refractivity contribution in [3.8, 4) is 9.88 Å². The second kappa shape index (κ2) is 4.75. The lowest BCUT2D eigenvalue weighted by molar-refractivity contribution is -0.142. The molecule has 0 aliphatic carbocycles. The average molecular weight is 346 g/mol. The van der Waals surface area contributed by atoms with Gasteiger partial charge in [0.1, 0.15) is 10.4 Å². The molecule has 0 amide bonds. The summed E-state index contributed by atoms with van der Waals surface area (Å²) >= 11 is 6.61. The van der Waals surface area contributed by atoms with E-state index in [4.69, 9.17) is 0 Å². The van der Waals surface area contributed by atoms with Crippen LogP contribution in [0.5, 0.6) is 0 Å². The van der Waals surface area contributed by atoms with Gasteiger partial charge in [0.15, 0.2) is 0 Å². The van der Waals surface area contributed by atoms with E-state index in [0.717, 1.165) is 14.4 Å². The average Bonchev–Trinajstić information content (AvgIpc) is 2.86. The fraction of sp³-hybridized carbons (Fsp3) is 0.333. The monoisotopic (exact) mass is 345 g/mol. The van der Waals surface area contributed by atoms with Crippen molar-refractivity contribution in [2.24, 2.45) is 0 Å². The standard InChI is InChI=1S/C12H12BrNO2S2/c1-6-7(13)4-8(18-6)10-14-9(5-17-10)12(2,3)11(15)16/h4-5H,1-3H3,(H,15,16). The van der Waals surface area contributed by atoms with Gasteiger partial charge in [-0.1, -0.05) is 0 Å². The van der Waals surface area contributed by atoms with Crippen LogP contribution in [0.3, 0.4) is 0 Å². The van der Waals surface area contributed by atoms with Crippen molar-refractivity contribution in [1.82, 2.24) is 4.98 Å². The lowest BCUT2D eigenvalue weighted by Gasteiger charge is -2.15. The van der Waals surface area contributed by atoms with Crippen molar-refractivity contribution in [1.29, 1.82) is 0 Å². The van der Waals surface area contributed by atoms with Gasteiger partial charge in [-0.05, 0) is 42.8 Å². The summed E-state index contributed by atoms with van der Waals surface area (Å²) in [4.78, 5) is 17.9. The number of carbonyl (C=O) groups is 1. The first-order chi connectivity index (χ1) is 8.32. The zero-order valence-electron chi connectivity index (χ0n) is 10.2. The summed E-state index contributed by atoms with van der Waals surface area (Å²) in [6.45, 7) is 5.38. The molecule has 2 heterocycles. The maximum Gasteiger partial charge on any atom is 0.315 e. The van der Waals surface area contributed by atoms with Gasteiger partial charge in [0.25, 0.3) is 0 Å². The maximum absolute atomic E-state index is 11.2. The predicted molar refractivity (Wildman–Crippen MR) is 78.5 cm³/mol. The molecule has 1 N–H and O–H groups in total. The van der Waals surface area contributed by atoms with Crippen LogP contribution in [-0.4, -0.2) is 16.1 Å². The molecule has 0 bridgehead atoms. The third-order valence-electron chi connectivity index (χ3n) is 2.75. The summed E-state index contributed by atoms with van der Waals surface area (Å²) in [7, 11) is 0. The summed E-state index contributed by atoms with van der Waals surface area (Å²) in [5, 5.41) is 11.9. The second-order valence-electron chi connectivity index (χ2n) is 4.48. The van der Waals surface area contributed by atoms with Gasteiger partial charge in [-0.3, -0.25) is 4.79 Å². The minimum atomic E-state index is -0.946. The lowest BCUT2D eigenvalue weighted by Crippen LogP contribution is -2.28. The molecule has 0 radical (unpaired) electrons. The van der Waals surface area contributed by atoms with Crippen LogP contribution < -0.4 is 0 Å². The van der Waals surface area contributed by atoms with Crippen LogP contribution in [0.1, 0.15) is 24.4 Å². The van der Waals surface area contributed by atoms with E-state index in [1.54, 1.807) is 25.2 Å². The molecule has 0 unspecified atom stereocenters. The number of thiophene rings is 1. The van der Waals surface area contributed by atoms with E-state index in [1.165, 1.54) is 16.2 Å². The molecule has 18 heavy (non-hydrogen) atoms. The largest absolute Gasteiger partial charge is 0.481 e. The summed E-state index contributed by atoms with van der Waals surface area (Å²) in [6, 6.07) is 2.02.